The van der Waals surface area contributed by atoms with Crippen LogP contribution in [0, 0.1) is 0 Å². The molecule has 1 unspecified atom stereocenters. The smallest absolute Gasteiger partial charge is 0.195 e. The number of carbonyl (C=O) groups is 1. The first-order valence-corrected chi connectivity index (χ1v) is 5.65. The largest absolute Gasteiger partial charge is 0.368 e. The maximum Gasteiger partial charge on any atom is 0.195 e. The third-order valence-electron chi connectivity index (χ3n) is 2.10. The Morgan fingerprint density at radius 2 is 2.64 bits per heavy atom. The summed E-state index contributed by atoms with van der Waals surface area (Å²) in [6.07, 6.45) is 3.04. The molecule has 1 aromatic rings. The Labute approximate surface area is 86.6 Å². The number of ether oxygens (including phenoxy) is 1. The van der Waals surface area contributed by atoms with Crippen molar-refractivity contribution in [2.24, 2.45) is 7.05 Å². The first-order chi connectivity index (χ1) is 6.77. The minimum absolute atomic E-state index is 0.0466. The Morgan fingerprint density at radius 1 is 1.79 bits per heavy atom. The lowest BCUT2D eigenvalue weighted by Gasteiger charge is -2.20. The minimum atomic E-state index is -0.280. The molecule has 1 aromatic heterocycles. The fraction of sp³-hybridized carbons (Fsp3) is 0.556. The summed E-state index contributed by atoms with van der Waals surface area (Å²) < 4.78 is 7.02. The van der Waals surface area contributed by atoms with Crippen LogP contribution in [0.25, 0.3) is 0 Å². The molecular weight excluding hydrogens is 200 g/mol. The Morgan fingerprint density at radius 3 is 3.21 bits per heavy atom. The van der Waals surface area contributed by atoms with Crippen LogP contribution in [-0.2, 0) is 11.8 Å². The summed E-state index contributed by atoms with van der Waals surface area (Å²) >= 11 is 1.76. The van der Waals surface area contributed by atoms with Gasteiger partial charge in [-0.1, -0.05) is 0 Å². The molecule has 1 fully saturated rings. The maximum atomic E-state index is 11.8. The molecule has 0 saturated carbocycles. The van der Waals surface area contributed by atoms with Crippen LogP contribution in [0.2, 0.25) is 0 Å². The van der Waals surface area contributed by atoms with Gasteiger partial charge in [-0.3, -0.25) is 9.48 Å². The van der Waals surface area contributed by atoms with Gasteiger partial charge in [0.15, 0.2) is 5.78 Å². The number of carbonyl (C=O) groups excluding carboxylic acids is 1. The maximum absolute atomic E-state index is 11.8. The zero-order chi connectivity index (χ0) is 9.97. The van der Waals surface area contributed by atoms with E-state index < -0.39 is 0 Å². The van der Waals surface area contributed by atoms with Crippen molar-refractivity contribution in [3.8, 4) is 0 Å². The first kappa shape index (κ1) is 9.73. The van der Waals surface area contributed by atoms with Crippen LogP contribution in [0.4, 0.5) is 0 Å². The molecule has 0 bridgehead atoms. The van der Waals surface area contributed by atoms with Crippen molar-refractivity contribution in [2.45, 2.75) is 6.10 Å². The summed E-state index contributed by atoms with van der Waals surface area (Å²) in [6, 6.07) is 0. The van der Waals surface area contributed by atoms with Crippen molar-refractivity contribution in [1.82, 2.24) is 9.78 Å². The zero-order valence-electron chi connectivity index (χ0n) is 7.97. The molecule has 1 saturated heterocycles. The summed E-state index contributed by atoms with van der Waals surface area (Å²) in [6.45, 7) is 0.668. The topological polar surface area (TPSA) is 44.1 Å². The Hall–Kier alpha value is -0.810. The van der Waals surface area contributed by atoms with Gasteiger partial charge in [0.1, 0.15) is 6.10 Å². The lowest BCUT2D eigenvalue weighted by atomic mass is 10.1. The Balaban J connectivity index is 2.07. The molecule has 76 valence electrons. The SMILES string of the molecule is Cn1cc(C(=O)C2CSCCO2)cn1. The standard InChI is InChI=1S/C9H12N2O2S/c1-11-5-7(4-10-11)9(12)8-6-14-3-2-13-8/h4-5,8H,2-3,6H2,1H3. The molecule has 0 aliphatic carbocycles. The highest BCUT2D eigenvalue weighted by Crippen LogP contribution is 2.16. The van der Waals surface area contributed by atoms with Gasteiger partial charge < -0.3 is 4.74 Å². The van der Waals surface area contributed by atoms with Gasteiger partial charge in [0, 0.05) is 24.8 Å². The van der Waals surface area contributed by atoms with Crippen LogP contribution in [0.5, 0.6) is 0 Å². The molecule has 14 heavy (non-hydrogen) atoms. The van der Waals surface area contributed by atoms with Crippen LogP contribution in [0.1, 0.15) is 10.4 Å². The Bertz CT molecular complexity index is 331. The van der Waals surface area contributed by atoms with Gasteiger partial charge in [0.25, 0.3) is 0 Å². The molecule has 0 aromatic carbocycles. The predicted molar refractivity (Wildman–Crippen MR) is 54.6 cm³/mol. The average molecular weight is 212 g/mol. The molecule has 2 rings (SSSR count). The second-order valence-electron chi connectivity index (χ2n) is 3.20. The Kier molecular flexibility index (Phi) is 2.88. The number of hydrogen-bond acceptors (Lipinski definition) is 4. The lowest BCUT2D eigenvalue weighted by Crippen LogP contribution is -2.31. The lowest BCUT2D eigenvalue weighted by molar-refractivity contribution is 0.0519. The van der Waals surface area contributed by atoms with E-state index in [0.717, 1.165) is 11.5 Å². The summed E-state index contributed by atoms with van der Waals surface area (Å²) in [4.78, 5) is 11.8. The number of hydrogen-bond donors (Lipinski definition) is 0. The highest BCUT2D eigenvalue weighted by molar-refractivity contribution is 7.99. The van der Waals surface area contributed by atoms with Crippen LogP contribution in [0.3, 0.4) is 0 Å². The van der Waals surface area contributed by atoms with E-state index in [0.29, 0.717) is 12.2 Å². The molecule has 0 spiro atoms. The van der Waals surface area contributed by atoms with Gasteiger partial charge in [-0.2, -0.15) is 16.9 Å². The van der Waals surface area contributed by atoms with Crippen molar-refractivity contribution in [3.63, 3.8) is 0 Å². The van der Waals surface area contributed by atoms with Gasteiger partial charge in [-0.05, 0) is 0 Å². The van der Waals surface area contributed by atoms with Crippen LogP contribution in [0.15, 0.2) is 12.4 Å². The fourth-order valence-corrected chi connectivity index (χ4v) is 2.22. The van der Waals surface area contributed by atoms with E-state index in [2.05, 4.69) is 5.10 Å². The van der Waals surface area contributed by atoms with Crippen molar-refractivity contribution in [1.29, 1.82) is 0 Å². The zero-order valence-corrected chi connectivity index (χ0v) is 8.79. The van der Waals surface area contributed by atoms with E-state index in [9.17, 15) is 4.79 Å². The third-order valence-corrected chi connectivity index (χ3v) is 3.09. The van der Waals surface area contributed by atoms with Gasteiger partial charge in [0.05, 0.1) is 18.4 Å². The van der Waals surface area contributed by atoms with Gasteiger partial charge in [0.2, 0.25) is 0 Å². The summed E-state index contributed by atoms with van der Waals surface area (Å²) in [7, 11) is 1.80. The van der Waals surface area contributed by atoms with Crippen LogP contribution in [-0.4, -0.2) is 39.8 Å². The van der Waals surface area contributed by atoms with E-state index in [4.69, 9.17) is 4.74 Å². The fourth-order valence-electron chi connectivity index (χ4n) is 1.37. The predicted octanol–water partition coefficient (Wildman–Crippen LogP) is 0.735. The van der Waals surface area contributed by atoms with Gasteiger partial charge in [-0.15, -0.1) is 0 Å². The van der Waals surface area contributed by atoms with Crippen molar-refractivity contribution >= 4 is 17.5 Å². The molecule has 0 N–H and O–H groups in total. The minimum Gasteiger partial charge on any atom is -0.368 e. The second-order valence-corrected chi connectivity index (χ2v) is 4.35. The monoisotopic (exact) mass is 212 g/mol. The highest BCUT2D eigenvalue weighted by Gasteiger charge is 2.24. The molecule has 5 heteroatoms. The first-order valence-electron chi connectivity index (χ1n) is 4.49. The number of aromatic nitrogens is 2. The van der Waals surface area contributed by atoms with Crippen molar-refractivity contribution in [2.75, 3.05) is 18.1 Å². The van der Waals surface area contributed by atoms with Crippen LogP contribution >= 0.6 is 11.8 Å². The molecular formula is C9H12N2O2S. The second kappa shape index (κ2) is 4.14. The van der Waals surface area contributed by atoms with E-state index in [1.54, 1.807) is 35.9 Å². The molecule has 4 nitrogen and oxygen atoms in total. The summed E-state index contributed by atoms with van der Waals surface area (Å²) in [5.41, 5.74) is 0.639. The molecule has 0 amide bonds. The van der Waals surface area contributed by atoms with Crippen molar-refractivity contribution < 1.29 is 9.53 Å². The number of ketones is 1. The molecule has 2 heterocycles. The van der Waals surface area contributed by atoms with E-state index >= 15 is 0 Å². The molecule has 1 aliphatic rings. The number of Topliss-reactive ketones (excluding diaryl/α,β-unsaturated/α-hetero) is 1. The summed E-state index contributed by atoms with van der Waals surface area (Å²) in [5.74, 6) is 1.79. The molecule has 1 atom stereocenters. The number of rotatable bonds is 2. The van der Waals surface area contributed by atoms with E-state index in [1.165, 1.54) is 0 Å². The van der Waals surface area contributed by atoms with E-state index in [-0.39, 0.29) is 11.9 Å². The quantitative estimate of drug-likeness (QED) is 0.678. The number of aryl methyl sites for hydroxylation is 1. The number of nitrogens with zero attached hydrogens (tertiary/aromatic N) is 2. The third kappa shape index (κ3) is 1.99. The highest BCUT2D eigenvalue weighted by atomic mass is 32.2. The van der Waals surface area contributed by atoms with Gasteiger partial charge in [-0.25, -0.2) is 0 Å². The summed E-state index contributed by atoms with van der Waals surface area (Å²) in [5, 5.41) is 3.97. The number of thioether (sulfide) groups is 1. The van der Waals surface area contributed by atoms with Crippen molar-refractivity contribution in [3.05, 3.63) is 18.0 Å². The van der Waals surface area contributed by atoms with Gasteiger partial charge >= 0.3 is 0 Å². The molecule has 1 aliphatic heterocycles. The van der Waals surface area contributed by atoms with E-state index in [1.807, 2.05) is 0 Å². The normalized spacial score (nSPS) is 22.2. The average Bonchev–Trinajstić information content (AvgIpc) is 2.65. The van der Waals surface area contributed by atoms with Crippen LogP contribution < -0.4 is 0 Å². The molecule has 0 radical (unpaired) electrons.